The summed E-state index contributed by atoms with van der Waals surface area (Å²) in [5.74, 6) is -0.839. The molecule has 112 valence electrons. The van der Waals surface area contributed by atoms with Gasteiger partial charge < -0.3 is 15.9 Å². The van der Waals surface area contributed by atoms with Gasteiger partial charge in [-0.05, 0) is 30.5 Å². The van der Waals surface area contributed by atoms with Crippen molar-refractivity contribution < 1.29 is 19.8 Å². The fourth-order valence-corrected chi connectivity index (χ4v) is 2.88. The summed E-state index contributed by atoms with van der Waals surface area (Å²) < 4.78 is 0. The second kappa shape index (κ2) is 5.19. The van der Waals surface area contributed by atoms with Crippen LogP contribution in [0.5, 0.6) is 0 Å². The minimum atomic E-state index is -1.13. The minimum absolute atomic E-state index is 0.286. The predicted octanol–water partition coefficient (Wildman–Crippen LogP) is -0.870. The summed E-state index contributed by atoms with van der Waals surface area (Å²) >= 11 is 0. The van der Waals surface area contributed by atoms with Crippen LogP contribution in [-0.2, 0) is 6.54 Å². The molecule has 0 bridgehead atoms. The molecule has 2 aliphatic heterocycles. The van der Waals surface area contributed by atoms with Crippen molar-refractivity contribution in [1.29, 1.82) is 0 Å². The lowest BCUT2D eigenvalue weighted by molar-refractivity contribution is -0.0413. The maximum absolute atomic E-state index is 12.5. The Morgan fingerprint density at radius 1 is 1.19 bits per heavy atom. The Labute approximate surface area is 121 Å². The van der Waals surface area contributed by atoms with Crippen LogP contribution in [0.3, 0.4) is 0 Å². The number of aliphatic hydroxyl groups is 2. The predicted molar refractivity (Wildman–Crippen MR) is 73.0 cm³/mol. The number of amides is 2. The summed E-state index contributed by atoms with van der Waals surface area (Å²) in [6.07, 6.45) is -1.24. The molecule has 0 aromatic heterocycles. The molecular formula is C14H17N3O4. The second-order valence-electron chi connectivity index (χ2n) is 5.34. The van der Waals surface area contributed by atoms with Crippen LogP contribution in [0.15, 0.2) is 18.2 Å². The molecule has 0 spiro atoms. The van der Waals surface area contributed by atoms with Crippen LogP contribution in [-0.4, -0.2) is 45.4 Å². The van der Waals surface area contributed by atoms with Gasteiger partial charge in [0.2, 0.25) is 0 Å². The Kier molecular flexibility index (Phi) is 3.50. The van der Waals surface area contributed by atoms with Crippen molar-refractivity contribution in [1.82, 2.24) is 10.2 Å². The van der Waals surface area contributed by atoms with Gasteiger partial charge in [0.05, 0.1) is 17.2 Å². The number of nitrogens with two attached hydrogens (primary N) is 1. The number of hydrogen-bond acceptors (Lipinski definition) is 6. The highest BCUT2D eigenvalue weighted by Crippen LogP contribution is 2.29. The van der Waals surface area contributed by atoms with Gasteiger partial charge in [-0.3, -0.25) is 19.8 Å². The van der Waals surface area contributed by atoms with Crippen LogP contribution in [0.25, 0.3) is 0 Å². The molecule has 0 radical (unpaired) electrons. The first kappa shape index (κ1) is 14.2. The molecule has 0 aliphatic carbocycles. The summed E-state index contributed by atoms with van der Waals surface area (Å²) in [6.45, 7) is 0.286. The van der Waals surface area contributed by atoms with E-state index in [4.69, 9.17) is 5.73 Å². The Morgan fingerprint density at radius 3 is 2.57 bits per heavy atom. The van der Waals surface area contributed by atoms with E-state index < -0.39 is 30.3 Å². The lowest BCUT2D eigenvalue weighted by Crippen LogP contribution is -2.58. The number of aliphatic hydroxyl groups excluding tert-OH is 2. The smallest absolute Gasteiger partial charge is 0.261 e. The molecule has 1 aromatic carbocycles. The van der Waals surface area contributed by atoms with Gasteiger partial charge in [-0.1, -0.05) is 6.07 Å². The van der Waals surface area contributed by atoms with Gasteiger partial charge >= 0.3 is 0 Å². The summed E-state index contributed by atoms with van der Waals surface area (Å²) in [7, 11) is 0. The number of benzene rings is 1. The first-order valence-corrected chi connectivity index (χ1v) is 6.86. The molecule has 3 atom stereocenters. The quantitative estimate of drug-likeness (QED) is 0.526. The molecule has 1 saturated heterocycles. The SMILES string of the molecule is NCc1ccc2c(c1)C(=O)N(C1CCC(O)NC1O)C2=O. The Hall–Kier alpha value is -1.80. The third-order valence-corrected chi connectivity index (χ3v) is 4.01. The van der Waals surface area contributed by atoms with Crippen LogP contribution >= 0.6 is 0 Å². The van der Waals surface area contributed by atoms with Gasteiger partial charge in [0.1, 0.15) is 12.5 Å². The van der Waals surface area contributed by atoms with Crippen molar-refractivity contribution in [3.8, 4) is 0 Å². The fourth-order valence-electron chi connectivity index (χ4n) is 2.88. The molecule has 1 fully saturated rings. The van der Waals surface area contributed by atoms with E-state index in [-0.39, 0.29) is 6.54 Å². The van der Waals surface area contributed by atoms with Crippen molar-refractivity contribution >= 4 is 11.8 Å². The number of nitrogens with one attached hydrogen (secondary N) is 1. The van der Waals surface area contributed by atoms with Crippen molar-refractivity contribution in [2.24, 2.45) is 5.73 Å². The van der Waals surface area contributed by atoms with Gasteiger partial charge in [-0.15, -0.1) is 0 Å². The standard InChI is InChI=1S/C14H17N3O4/c15-6-7-1-2-8-9(5-7)14(21)17(13(8)20)10-3-4-11(18)16-12(10)19/h1-2,5,10-12,16,18-19H,3-4,6,15H2. The van der Waals surface area contributed by atoms with E-state index in [0.29, 0.717) is 24.0 Å². The van der Waals surface area contributed by atoms with Crippen LogP contribution < -0.4 is 11.1 Å². The molecule has 1 aromatic rings. The van der Waals surface area contributed by atoms with Gasteiger partial charge in [-0.25, -0.2) is 0 Å². The number of fused-ring (bicyclic) bond motifs is 1. The van der Waals surface area contributed by atoms with Crippen molar-refractivity contribution in [2.45, 2.75) is 37.9 Å². The van der Waals surface area contributed by atoms with E-state index in [0.717, 1.165) is 10.5 Å². The van der Waals surface area contributed by atoms with Crippen molar-refractivity contribution in [2.75, 3.05) is 0 Å². The van der Waals surface area contributed by atoms with Crippen molar-refractivity contribution in [3.05, 3.63) is 34.9 Å². The Balaban J connectivity index is 1.92. The van der Waals surface area contributed by atoms with Crippen LogP contribution in [0.1, 0.15) is 39.1 Å². The highest BCUT2D eigenvalue weighted by atomic mass is 16.3. The summed E-state index contributed by atoms with van der Waals surface area (Å²) in [6, 6.07) is 4.25. The van der Waals surface area contributed by atoms with E-state index in [1.807, 2.05) is 0 Å². The molecule has 0 saturated carbocycles. The zero-order valence-electron chi connectivity index (χ0n) is 11.3. The summed E-state index contributed by atoms with van der Waals surface area (Å²) in [4.78, 5) is 25.9. The molecule has 3 rings (SSSR count). The van der Waals surface area contributed by atoms with E-state index in [2.05, 4.69) is 5.32 Å². The normalized spacial score (nSPS) is 28.9. The number of piperidine rings is 1. The lowest BCUT2D eigenvalue weighted by Gasteiger charge is -2.36. The van der Waals surface area contributed by atoms with E-state index in [1.54, 1.807) is 18.2 Å². The van der Waals surface area contributed by atoms with Gasteiger partial charge in [0.15, 0.2) is 0 Å². The average Bonchev–Trinajstić information content (AvgIpc) is 2.71. The minimum Gasteiger partial charge on any atom is -0.379 e. The fraction of sp³-hybridized carbons (Fsp3) is 0.429. The van der Waals surface area contributed by atoms with Crippen LogP contribution in [0, 0.1) is 0 Å². The van der Waals surface area contributed by atoms with Gasteiger partial charge in [-0.2, -0.15) is 0 Å². The van der Waals surface area contributed by atoms with Crippen LogP contribution in [0.2, 0.25) is 0 Å². The maximum Gasteiger partial charge on any atom is 0.261 e. The molecule has 7 heteroatoms. The molecular weight excluding hydrogens is 274 g/mol. The van der Waals surface area contributed by atoms with Gasteiger partial charge in [0.25, 0.3) is 11.8 Å². The number of nitrogens with zero attached hydrogens (tertiary/aromatic N) is 1. The molecule has 21 heavy (non-hydrogen) atoms. The average molecular weight is 291 g/mol. The summed E-state index contributed by atoms with van der Waals surface area (Å²) in [5, 5.41) is 22.0. The third kappa shape index (κ3) is 2.24. The second-order valence-corrected chi connectivity index (χ2v) is 5.34. The Bertz CT molecular complexity index is 604. The number of carbonyl (C=O) groups is 2. The van der Waals surface area contributed by atoms with Gasteiger partial charge in [0, 0.05) is 6.54 Å². The first-order chi connectivity index (χ1) is 10.0. The zero-order valence-corrected chi connectivity index (χ0v) is 11.3. The molecule has 7 nitrogen and oxygen atoms in total. The largest absolute Gasteiger partial charge is 0.379 e. The highest BCUT2D eigenvalue weighted by Gasteiger charge is 2.44. The third-order valence-electron chi connectivity index (χ3n) is 4.01. The molecule has 2 amide bonds. The zero-order chi connectivity index (χ0) is 15.1. The Morgan fingerprint density at radius 2 is 1.90 bits per heavy atom. The lowest BCUT2D eigenvalue weighted by atomic mass is 10.0. The number of carbonyl (C=O) groups excluding carboxylic acids is 2. The van der Waals surface area contributed by atoms with E-state index in [1.165, 1.54) is 0 Å². The highest BCUT2D eigenvalue weighted by molar-refractivity contribution is 6.21. The number of rotatable bonds is 2. The molecule has 5 N–H and O–H groups in total. The number of hydrogen-bond donors (Lipinski definition) is 4. The van der Waals surface area contributed by atoms with Crippen LogP contribution in [0.4, 0.5) is 0 Å². The monoisotopic (exact) mass is 291 g/mol. The molecule has 2 aliphatic rings. The summed E-state index contributed by atoms with van der Waals surface area (Å²) in [5.41, 5.74) is 6.97. The maximum atomic E-state index is 12.5. The van der Waals surface area contributed by atoms with Crippen molar-refractivity contribution in [3.63, 3.8) is 0 Å². The van der Waals surface area contributed by atoms with E-state index >= 15 is 0 Å². The van der Waals surface area contributed by atoms with E-state index in [9.17, 15) is 19.8 Å². The molecule has 3 unspecified atom stereocenters. The topological polar surface area (TPSA) is 116 Å². The molecule has 2 heterocycles. The number of imide groups is 1. The first-order valence-electron chi connectivity index (χ1n) is 6.86.